The van der Waals surface area contributed by atoms with Crippen molar-refractivity contribution in [2.24, 2.45) is 7.05 Å². The third-order valence-corrected chi connectivity index (χ3v) is 7.71. The van der Waals surface area contributed by atoms with Gasteiger partial charge in [0, 0.05) is 36.7 Å². The zero-order chi connectivity index (χ0) is 24.0. The van der Waals surface area contributed by atoms with Gasteiger partial charge in [0.15, 0.2) is 6.61 Å². The molecule has 0 unspecified atom stereocenters. The van der Waals surface area contributed by atoms with Crippen LogP contribution in [0.5, 0.6) is 5.75 Å². The fraction of sp³-hybridized carbons (Fsp3) is 0.609. The average molecular weight is 480 g/mol. The Labute approximate surface area is 194 Å². The van der Waals surface area contributed by atoms with E-state index in [4.69, 9.17) is 9.47 Å². The van der Waals surface area contributed by atoms with Crippen LogP contribution >= 0.6 is 0 Å². The van der Waals surface area contributed by atoms with Crippen LogP contribution in [0.3, 0.4) is 0 Å². The molecule has 2 aromatic rings. The number of hydrogen-bond donors (Lipinski definition) is 2. The molecule has 4 rings (SSSR count). The number of aromatic nitrogens is 1. The van der Waals surface area contributed by atoms with Crippen LogP contribution in [0, 0.1) is 6.92 Å². The molecule has 1 aromatic heterocycles. The van der Waals surface area contributed by atoms with E-state index in [1.54, 1.807) is 11.8 Å². The van der Waals surface area contributed by atoms with E-state index >= 15 is 0 Å². The number of amides is 1. The van der Waals surface area contributed by atoms with Crippen molar-refractivity contribution in [2.75, 3.05) is 32.6 Å². The number of rotatable bonds is 5. The molecule has 10 heteroatoms. The molecule has 3 heterocycles. The summed E-state index contributed by atoms with van der Waals surface area (Å²) < 4.78 is 39.9. The van der Waals surface area contributed by atoms with Gasteiger partial charge in [0.1, 0.15) is 11.4 Å². The molecular formula is C23H33N3O6S. The maximum absolute atomic E-state index is 12.7. The maximum Gasteiger partial charge on any atom is 0.260 e. The summed E-state index contributed by atoms with van der Waals surface area (Å²) >= 11 is 0. The van der Waals surface area contributed by atoms with Gasteiger partial charge >= 0.3 is 0 Å². The number of carbonyl (C=O) groups is 1. The number of likely N-dealkylation sites (tertiary alicyclic amines) is 1. The summed E-state index contributed by atoms with van der Waals surface area (Å²) in [6.07, 6.45) is 2.60. The second-order valence-corrected chi connectivity index (χ2v) is 11.5. The molecule has 2 atom stereocenters. The highest BCUT2D eigenvalue weighted by Gasteiger charge is 2.49. The van der Waals surface area contributed by atoms with Crippen LogP contribution in [0.4, 0.5) is 0 Å². The van der Waals surface area contributed by atoms with Crippen LogP contribution < -0.4 is 9.46 Å². The summed E-state index contributed by atoms with van der Waals surface area (Å²) in [5.74, 6) is 0.560. The van der Waals surface area contributed by atoms with Crippen molar-refractivity contribution in [2.45, 2.75) is 50.4 Å². The summed E-state index contributed by atoms with van der Waals surface area (Å²) in [6.45, 7) is 4.60. The fourth-order valence-electron chi connectivity index (χ4n) is 4.78. The number of benzene rings is 1. The number of fused-ring (bicyclic) bond motifs is 1. The largest absolute Gasteiger partial charge is 0.484 e. The van der Waals surface area contributed by atoms with Crippen molar-refractivity contribution < 1.29 is 27.8 Å². The maximum atomic E-state index is 12.7. The van der Waals surface area contributed by atoms with Gasteiger partial charge in [-0.3, -0.25) is 4.79 Å². The molecule has 33 heavy (non-hydrogen) atoms. The highest BCUT2D eigenvalue weighted by Crippen LogP contribution is 2.38. The van der Waals surface area contributed by atoms with Gasteiger partial charge in [-0.25, -0.2) is 13.1 Å². The lowest BCUT2D eigenvalue weighted by Gasteiger charge is -2.50. The lowest BCUT2D eigenvalue weighted by Crippen LogP contribution is -2.64. The molecule has 0 radical (unpaired) electrons. The molecule has 2 fully saturated rings. The van der Waals surface area contributed by atoms with Gasteiger partial charge in [-0.1, -0.05) is 0 Å². The first-order chi connectivity index (χ1) is 15.4. The van der Waals surface area contributed by atoms with Crippen LogP contribution in [0.1, 0.15) is 31.9 Å². The molecular weight excluding hydrogens is 446 g/mol. The van der Waals surface area contributed by atoms with Crippen LogP contribution in [-0.4, -0.2) is 78.7 Å². The Kier molecular flexibility index (Phi) is 6.24. The molecule has 0 saturated carbocycles. The zero-order valence-electron chi connectivity index (χ0n) is 19.6. The Balaban J connectivity index is 1.33. The number of nitrogens with one attached hydrogen (secondary N) is 1. The summed E-state index contributed by atoms with van der Waals surface area (Å²) in [7, 11) is -1.46. The number of nitrogens with zero attached hydrogens (tertiary/aromatic N) is 2. The number of hydrogen-bond acceptors (Lipinski definition) is 6. The number of carbonyl (C=O) groups excluding carboxylic acids is 1. The van der Waals surface area contributed by atoms with Gasteiger partial charge in [0.25, 0.3) is 5.91 Å². The Morgan fingerprint density at radius 2 is 2.00 bits per heavy atom. The van der Waals surface area contributed by atoms with Crippen LogP contribution in [0.25, 0.3) is 10.9 Å². The van der Waals surface area contributed by atoms with Crippen molar-refractivity contribution in [3.63, 3.8) is 0 Å². The molecule has 2 aliphatic heterocycles. The fourth-order valence-corrected chi connectivity index (χ4v) is 5.64. The molecule has 1 aromatic carbocycles. The van der Waals surface area contributed by atoms with E-state index in [0.717, 1.165) is 22.9 Å². The first-order valence-electron chi connectivity index (χ1n) is 11.2. The van der Waals surface area contributed by atoms with Crippen LogP contribution in [0.15, 0.2) is 24.3 Å². The number of sulfonamides is 1. The van der Waals surface area contributed by atoms with Gasteiger partial charge in [0.05, 0.1) is 24.5 Å². The monoisotopic (exact) mass is 479 g/mol. The predicted octanol–water partition coefficient (Wildman–Crippen LogP) is 1.32. The highest BCUT2D eigenvalue weighted by atomic mass is 32.2. The standard InChI is InChI=1S/C23H33N3O6S/c1-16-11-17-12-18(5-6-19(17)25(16)3)31-14-21(27)26-9-7-23(8-10-26)13-20(24-33(4,29)30)22(2,28)15-32-23/h5-6,11-12,20,24,28H,7-10,13-15H2,1-4H3/t20-,22-/m0/s1. The van der Waals surface area contributed by atoms with Crippen LogP contribution in [0.2, 0.25) is 0 Å². The average Bonchev–Trinajstić information content (AvgIpc) is 3.02. The van der Waals surface area contributed by atoms with Gasteiger partial charge < -0.3 is 24.0 Å². The second kappa shape index (κ2) is 8.57. The van der Waals surface area contributed by atoms with Gasteiger partial charge in [-0.15, -0.1) is 0 Å². The Morgan fingerprint density at radius 3 is 2.67 bits per heavy atom. The molecule has 0 bridgehead atoms. The van der Waals surface area contributed by atoms with E-state index in [2.05, 4.69) is 15.4 Å². The number of piperidine rings is 1. The minimum atomic E-state index is -3.47. The van der Waals surface area contributed by atoms with Gasteiger partial charge in [0.2, 0.25) is 10.0 Å². The third-order valence-electron chi connectivity index (χ3n) is 7.00. The first kappa shape index (κ1) is 24.0. The Hall–Kier alpha value is -2.14. The van der Waals surface area contributed by atoms with Gasteiger partial charge in [-0.2, -0.15) is 0 Å². The number of ether oxygens (including phenoxy) is 2. The van der Waals surface area contributed by atoms with E-state index < -0.39 is 27.3 Å². The minimum Gasteiger partial charge on any atom is -0.484 e. The van der Waals surface area contributed by atoms with E-state index in [1.807, 2.05) is 32.2 Å². The normalized spacial score (nSPS) is 25.5. The third kappa shape index (κ3) is 5.18. The first-order valence-corrected chi connectivity index (χ1v) is 13.1. The second-order valence-electron chi connectivity index (χ2n) is 9.71. The van der Waals surface area contributed by atoms with E-state index in [9.17, 15) is 18.3 Å². The number of aryl methyl sites for hydroxylation is 2. The minimum absolute atomic E-state index is 0.0404. The molecule has 0 aliphatic carbocycles. The molecule has 1 spiro atoms. The zero-order valence-corrected chi connectivity index (χ0v) is 20.4. The molecule has 2 saturated heterocycles. The lowest BCUT2D eigenvalue weighted by atomic mass is 9.78. The molecule has 1 amide bonds. The van der Waals surface area contributed by atoms with E-state index in [0.29, 0.717) is 38.1 Å². The quantitative estimate of drug-likeness (QED) is 0.669. The molecule has 9 nitrogen and oxygen atoms in total. The molecule has 2 N–H and O–H groups in total. The topological polar surface area (TPSA) is 110 Å². The van der Waals surface area contributed by atoms with Crippen molar-refractivity contribution in [3.05, 3.63) is 30.0 Å². The predicted molar refractivity (Wildman–Crippen MR) is 125 cm³/mol. The van der Waals surface area contributed by atoms with Crippen molar-refractivity contribution in [3.8, 4) is 5.75 Å². The molecule has 2 aliphatic rings. The van der Waals surface area contributed by atoms with E-state index in [-0.39, 0.29) is 19.1 Å². The van der Waals surface area contributed by atoms with E-state index in [1.165, 1.54) is 0 Å². The Bertz CT molecular complexity index is 1150. The summed E-state index contributed by atoms with van der Waals surface area (Å²) in [5, 5.41) is 11.6. The lowest BCUT2D eigenvalue weighted by molar-refractivity contribution is -0.191. The molecule has 182 valence electrons. The smallest absolute Gasteiger partial charge is 0.260 e. The van der Waals surface area contributed by atoms with Crippen molar-refractivity contribution in [1.29, 1.82) is 0 Å². The van der Waals surface area contributed by atoms with Crippen LogP contribution in [-0.2, 0) is 26.6 Å². The summed E-state index contributed by atoms with van der Waals surface area (Å²) in [5.41, 5.74) is 0.426. The summed E-state index contributed by atoms with van der Waals surface area (Å²) in [6, 6.07) is 7.25. The van der Waals surface area contributed by atoms with Crippen molar-refractivity contribution in [1.82, 2.24) is 14.2 Å². The highest BCUT2D eigenvalue weighted by molar-refractivity contribution is 7.88. The van der Waals surface area contributed by atoms with Crippen molar-refractivity contribution >= 4 is 26.8 Å². The SMILES string of the molecule is Cc1cc2cc(OCC(=O)N3CCC4(CC3)C[C@H](NS(C)(=O)=O)[C@@](C)(O)CO4)ccc2n1C. The summed E-state index contributed by atoms with van der Waals surface area (Å²) in [4.78, 5) is 14.5. The number of aliphatic hydroxyl groups is 1. The van der Waals surface area contributed by atoms with Gasteiger partial charge in [-0.05, 0) is 57.4 Å². The Morgan fingerprint density at radius 1 is 1.30 bits per heavy atom.